The molecule has 1 saturated heterocycles. The maximum Gasteiger partial charge on any atom is 0.407 e. The summed E-state index contributed by atoms with van der Waals surface area (Å²) in [5, 5.41) is 20.8. The van der Waals surface area contributed by atoms with Crippen LogP contribution < -0.4 is 5.32 Å². The summed E-state index contributed by atoms with van der Waals surface area (Å²) in [6, 6.07) is 5.48. The van der Waals surface area contributed by atoms with Crippen molar-refractivity contribution in [2.24, 2.45) is 0 Å². The van der Waals surface area contributed by atoms with Crippen LogP contribution in [0.5, 0.6) is 0 Å². The average molecular weight is 246 g/mol. The van der Waals surface area contributed by atoms with Crippen molar-refractivity contribution in [2.45, 2.75) is 18.9 Å². The molecular formula is C12H14N4O2. The zero-order valence-electron chi connectivity index (χ0n) is 9.83. The summed E-state index contributed by atoms with van der Waals surface area (Å²) in [4.78, 5) is 16.3. The summed E-state index contributed by atoms with van der Waals surface area (Å²) in [6.07, 6.45) is 2.51. The van der Waals surface area contributed by atoms with E-state index in [9.17, 15) is 4.79 Å². The Labute approximate surface area is 105 Å². The molecule has 0 radical (unpaired) electrons. The van der Waals surface area contributed by atoms with Gasteiger partial charge >= 0.3 is 6.09 Å². The first kappa shape index (κ1) is 12.2. The van der Waals surface area contributed by atoms with Crippen molar-refractivity contribution in [3.05, 3.63) is 24.0 Å². The number of amides is 1. The molecule has 0 aromatic carbocycles. The summed E-state index contributed by atoms with van der Waals surface area (Å²) < 4.78 is 0. The number of carbonyl (C=O) groups is 1. The molecule has 1 amide bonds. The predicted molar refractivity (Wildman–Crippen MR) is 65.2 cm³/mol. The highest BCUT2D eigenvalue weighted by atomic mass is 16.4. The summed E-state index contributed by atoms with van der Waals surface area (Å²) in [5.74, 6) is 0. The Bertz CT molecular complexity index is 466. The zero-order chi connectivity index (χ0) is 13.0. The number of nitrogens with one attached hydrogen (secondary N) is 1. The van der Waals surface area contributed by atoms with Crippen LogP contribution in [0.2, 0.25) is 0 Å². The van der Waals surface area contributed by atoms with Crippen LogP contribution in [-0.4, -0.2) is 40.2 Å². The van der Waals surface area contributed by atoms with Crippen molar-refractivity contribution in [2.75, 3.05) is 18.4 Å². The Hall–Kier alpha value is -2.29. The van der Waals surface area contributed by atoms with Gasteiger partial charge in [0.1, 0.15) is 11.8 Å². The minimum atomic E-state index is -0.876. The van der Waals surface area contributed by atoms with E-state index in [0.717, 1.165) is 18.5 Å². The average Bonchev–Trinajstić information content (AvgIpc) is 2.40. The minimum Gasteiger partial charge on any atom is -0.465 e. The molecule has 18 heavy (non-hydrogen) atoms. The van der Waals surface area contributed by atoms with Crippen molar-refractivity contribution < 1.29 is 9.90 Å². The van der Waals surface area contributed by atoms with E-state index in [2.05, 4.69) is 10.3 Å². The first-order chi connectivity index (χ1) is 8.69. The van der Waals surface area contributed by atoms with Crippen LogP contribution in [0.4, 0.5) is 10.5 Å². The highest BCUT2D eigenvalue weighted by Gasteiger charge is 2.22. The van der Waals surface area contributed by atoms with E-state index in [0.29, 0.717) is 18.8 Å². The van der Waals surface area contributed by atoms with Gasteiger partial charge in [0.05, 0.1) is 11.9 Å². The fourth-order valence-electron chi connectivity index (χ4n) is 2.05. The fraction of sp³-hybridized carbons (Fsp3) is 0.417. The normalized spacial score (nSPS) is 19.1. The van der Waals surface area contributed by atoms with Crippen molar-refractivity contribution >= 4 is 11.8 Å². The van der Waals surface area contributed by atoms with Crippen LogP contribution >= 0.6 is 0 Å². The number of nitrogens with zero attached hydrogens (tertiary/aromatic N) is 3. The molecule has 1 aliphatic heterocycles. The summed E-state index contributed by atoms with van der Waals surface area (Å²) in [6.45, 7) is 1.08. The molecule has 0 unspecified atom stereocenters. The maximum atomic E-state index is 10.9. The van der Waals surface area contributed by atoms with E-state index in [1.165, 1.54) is 4.90 Å². The van der Waals surface area contributed by atoms with Gasteiger partial charge in [-0.1, -0.05) is 0 Å². The third-order valence-corrected chi connectivity index (χ3v) is 2.94. The van der Waals surface area contributed by atoms with Crippen molar-refractivity contribution in [1.82, 2.24) is 9.88 Å². The van der Waals surface area contributed by atoms with Crippen LogP contribution in [0, 0.1) is 11.3 Å². The first-order valence-corrected chi connectivity index (χ1v) is 5.79. The van der Waals surface area contributed by atoms with Crippen LogP contribution in [0.3, 0.4) is 0 Å². The molecule has 2 N–H and O–H groups in total. The van der Waals surface area contributed by atoms with Gasteiger partial charge < -0.3 is 15.3 Å². The van der Waals surface area contributed by atoms with E-state index >= 15 is 0 Å². The molecule has 1 atom stereocenters. The van der Waals surface area contributed by atoms with Crippen LogP contribution in [-0.2, 0) is 0 Å². The van der Waals surface area contributed by atoms with Gasteiger partial charge in [0, 0.05) is 19.1 Å². The molecule has 2 rings (SSSR count). The molecule has 6 nitrogen and oxygen atoms in total. The van der Waals surface area contributed by atoms with Crippen molar-refractivity contribution in [3.63, 3.8) is 0 Å². The monoisotopic (exact) mass is 246 g/mol. The Kier molecular flexibility index (Phi) is 3.63. The van der Waals surface area contributed by atoms with Gasteiger partial charge in [-0.3, -0.25) is 0 Å². The zero-order valence-corrected chi connectivity index (χ0v) is 9.83. The number of piperidine rings is 1. The van der Waals surface area contributed by atoms with Crippen molar-refractivity contribution in [3.8, 4) is 6.07 Å². The number of anilines is 1. The lowest BCUT2D eigenvalue weighted by Gasteiger charge is -2.31. The number of rotatable bonds is 2. The van der Waals surface area contributed by atoms with E-state index in [-0.39, 0.29) is 6.04 Å². The molecule has 1 aromatic rings. The largest absolute Gasteiger partial charge is 0.465 e. The second-order valence-electron chi connectivity index (χ2n) is 4.26. The number of pyridine rings is 1. The van der Waals surface area contributed by atoms with Gasteiger partial charge in [-0.2, -0.15) is 5.26 Å². The lowest BCUT2D eigenvalue weighted by molar-refractivity contribution is 0.133. The number of nitriles is 1. The van der Waals surface area contributed by atoms with Gasteiger partial charge in [-0.25, -0.2) is 9.78 Å². The van der Waals surface area contributed by atoms with E-state index < -0.39 is 6.09 Å². The molecule has 1 aromatic heterocycles. The van der Waals surface area contributed by atoms with Crippen LogP contribution in [0.1, 0.15) is 18.5 Å². The molecule has 0 aliphatic carbocycles. The summed E-state index contributed by atoms with van der Waals surface area (Å²) in [7, 11) is 0. The maximum absolute atomic E-state index is 10.9. The lowest BCUT2D eigenvalue weighted by Crippen LogP contribution is -2.44. The molecule has 94 valence electrons. The van der Waals surface area contributed by atoms with Gasteiger partial charge in [0.25, 0.3) is 0 Å². The molecule has 0 bridgehead atoms. The number of carboxylic acid groups (broad SMARTS) is 1. The lowest BCUT2D eigenvalue weighted by atomic mass is 10.1. The molecule has 6 heteroatoms. The third kappa shape index (κ3) is 2.88. The predicted octanol–water partition coefficient (Wildman–Crippen LogP) is 1.51. The SMILES string of the molecule is N#Cc1ccc(N[C@@H]2CCCN(C(=O)O)C2)cn1. The summed E-state index contributed by atoms with van der Waals surface area (Å²) >= 11 is 0. The third-order valence-electron chi connectivity index (χ3n) is 2.94. The quantitative estimate of drug-likeness (QED) is 0.825. The van der Waals surface area contributed by atoms with Crippen LogP contribution in [0.15, 0.2) is 18.3 Å². The minimum absolute atomic E-state index is 0.101. The number of aromatic nitrogens is 1. The molecule has 0 spiro atoms. The smallest absolute Gasteiger partial charge is 0.407 e. The van der Waals surface area contributed by atoms with Gasteiger partial charge in [-0.05, 0) is 25.0 Å². The topological polar surface area (TPSA) is 89.2 Å². The number of hydrogen-bond donors (Lipinski definition) is 2. The van der Waals surface area contributed by atoms with Gasteiger partial charge in [-0.15, -0.1) is 0 Å². The van der Waals surface area contributed by atoms with Crippen molar-refractivity contribution in [1.29, 1.82) is 5.26 Å². The van der Waals surface area contributed by atoms with Gasteiger partial charge in [0.15, 0.2) is 0 Å². The highest BCUT2D eigenvalue weighted by Crippen LogP contribution is 2.15. The Morgan fingerprint density at radius 3 is 3.06 bits per heavy atom. The molecule has 1 fully saturated rings. The van der Waals surface area contributed by atoms with E-state index in [1.807, 2.05) is 6.07 Å². The van der Waals surface area contributed by atoms with E-state index in [4.69, 9.17) is 10.4 Å². The Balaban J connectivity index is 1.96. The molecule has 2 heterocycles. The Morgan fingerprint density at radius 2 is 2.44 bits per heavy atom. The van der Waals surface area contributed by atoms with Crippen LogP contribution in [0.25, 0.3) is 0 Å². The number of likely N-dealkylation sites (tertiary alicyclic amines) is 1. The summed E-state index contributed by atoms with van der Waals surface area (Å²) in [5.41, 5.74) is 1.18. The highest BCUT2D eigenvalue weighted by molar-refractivity contribution is 5.65. The molecule has 0 saturated carbocycles. The van der Waals surface area contributed by atoms with Gasteiger partial charge in [0.2, 0.25) is 0 Å². The first-order valence-electron chi connectivity index (χ1n) is 5.79. The molecular weight excluding hydrogens is 232 g/mol. The number of hydrogen-bond acceptors (Lipinski definition) is 4. The fourth-order valence-corrected chi connectivity index (χ4v) is 2.05. The second-order valence-corrected chi connectivity index (χ2v) is 4.26. The van der Waals surface area contributed by atoms with E-state index in [1.54, 1.807) is 18.3 Å². The standard InChI is InChI=1S/C12H14N4O2/c13-6-9-3-4-10(7-14-9)15-11-2-1-5-16(8-11)12(17)18/h3-4,7,11,15H,1-2,5,8H2,(H,17,18)/t11-/m1/s1. The second kappa shape index (κ2) is 5.36. The Morgan fingerprint density at radius 1 is 1.61 bits per heavy atom. The molecule has 1 aliphatic rings.